The third-order valence-corrected chi connectivity index (χ3v) is 2.68. The molecule has 10 heavy (non-hydrogen) atoms. The molecule has 0 saturated carbocycles. The van der Waals surface area contributed by atoms with Gasteiger partial charge in [0, 0.05) is 0 Å². The van der Waals surface area contributed by atoms with E-state index in [0.717, 1.165) is 0 Å². The van der Waals surface area contributed by atoms with Crippen molar-refractivity contribution < 1.29 is 9.19 Å². The minimum absolute atomic E-state index is 0. The molecule has 0 aliphatic heterocycles. The first-order chi connectivity index (χ1) is 4.24. The van der Waals surface area contributed by atoms with E-state index in [1.165, 1.54) is 30.7 Å². The van der Waals surface area contributed by atoms with Gasteiger partial charge in [0.05, 0.1) is 26.2 Å². The van der Waals surface area contributed by atoms with Crippen LogP contribution in [0.2, 0.25) is 0 Å². The second-order valence-corrected chi connectivity index (χ2v) is 2.61. The highest BCUT2D eigenvalue weighted by Gasteiger charge is 2.16. The van der Waals surface area contributed by atoms with E-state index < -0.39 is 0 Å². The minimum Gasteiger partial charge on any atom is -1.00 e. The van der Waals surface area contributed by atoms with Crippen molar-refractivity contribution in [3.63, 3.8) is 0 Å². The summed E-state index contributed by atoms with van der Waals surface area (Å²) < 4.78 is 1.28. The molecule has 0 aliphatic rings. The van der Waals surface area contributed by atoms with Crippen LogP contribution in [-0.4, -0.2) is 30.7 Å². The zero-order chi connectivity index (χ0) is 7.33. The van der Waals surface area contributed by atoms with E-state index in [1.54, 1.807) is 0 Å². The summed E-state index contributed by atoms with van der Waals surface area (Å²) in [6.07, 6.45) is 0. The first kappa shape index (κ1) is 12.6. The Labute approximate surface area is 64.0 Å². The average molecular weight is 148 g/mol. The zero-order valence-corrected chi connectivity index (χ0v) is 7.65. The molecule has 0 saturated heterocycles. The summed E-state index contributed by atoms with van der Waals surface area (Å²) in [5.41, 5.74) is 0. The third-order valence-electron chi connectivity index (χ3n) is 2.68. The van der Waals surface area contributed by atoms with Crippen molar-refractivity contribution in [1.82, 2.24) is 0 Å². The summed E-state index contributed by atoms with van der Waals surface area (Å²) in [6, 6.07) is 0. The van der Waals surface area contributed by atoms with Crippen LogP contribution < -0.4 is 4.70 Å². The topological polar surface area (TPSA) is 0 Å². The normalized spacial score (nSPS) is 10.8. The van der Waals surface area contributed by atoms with Crippen molar-refractivity contribution in [2.45, 2.75) is 27.7 Å². The lowest BCUT2D eigenvalue weighted by Gasteiger charge is -2.34. The molecule has 0 unspecified atom stereocenters. The molecule has 64 valence electrons. The Morgan fingerprint density at radius 3 is 0.900 bits per heavy atom. The fourth-order valence-corrected chi connectivity index (χ4v) is 1.34. The van der Waals surface area contributed by atoms with Gasteiger partial charge in [-0.25, -0.2) is 0 Å². The van der Waals surface area contributed by atoms with Gasteiger partial charge in [-0.2, -0.15) is 0 Å². The number of hydrogen-bond acceptors (Lipinski definition) is 0. The Bertz CT molecular complexity index is 52.1. The lowest BCUT2D eigenvalue weighted by Crippen LogP contribution is -3.00. The number of quaternary nitrogens is 1. The first-order valence-electron chi connectivity index (χ1n) is 4.09. The van der Waals surface area contributed by atoms with Crippen molar-refractivity contribution in [1.29, 1.82) is 0 Å². The standard InChI is InChI=1S/C8H20N.FH/c1-5-9(6-2,7-3)8-4;/h5-8H2,1-4H3;1H/q+1;/p-1/i;1-1. The molecule has 0 radical (unpaired) electrons. The molecule has 0 aliphatic carbocycles. The van der Waals surface area contributed by atoms with Crippen molar-refractivity contribution in [2.75, 3.05) is 26.2 Å². The molecule has 0 aromatic heterocycles. The second-order valence-electron chi connectivity index (χ2n) is 2.61. The molecule has 2 heteroatoms. The van der Waals surface area contributed by atoms with Crippen LogP contribution in [0.4, 0.5) is 0 Å². The molecule has 0 amide bonds. The molecule has 0 bridgehead atoms. The second kappa shape index (κ2) is 5.66. The SMILES string of the molecule is CC[N+](CC)(CC)CC.[18F-]. The van der Waals surface area contributed by atoms with Gasteiger partial charge in [0.25, 0.3) is 0 Å². The summed E-state index contributed by atoms with van der Waals surface area (Å²) in [7, 11) is 0. The van der Waals surface area contributed by atoms with Crippen LogP contribution >= 0.6 is 0 Å². The van der Waals surface area contributed by atoms with Crippen LogP contribution in [0.5, 0.6) is 0 Å². The number of hydrogen-bond donors (Lipinski definition) is 0. The summed E-state index contributed by atoms with van der Waals surface area (Å²) in [4.78, 5) is 0. The quantitative estimate of drug-likeness (QED) is 0.443. The molecule has 1 nitrogen and oxygen atoms in total. The molecule has 0 rings (SSSR count). The number of nitrogens with zero attached hydrogens (tertiary/aromatic N) is 1. The predicted octanol–water partition coefficient (Wildman–Crippen LogP) is -1.11. The smallest absolute Gasteiger partial charge is 0.0757 e. The van der Waals surface area contributed by atoms with Crippen LogP contribution in [0.3, 0.4) is 0 Å². The Hall–Kier alpha value is -0.110. The Morgan fingerprint density at radius 1 is 0.700 bits per heavy atom. The van der Waals surface area contributed by atoms with E-state index >= 15 is 0 Å². The maximum atomic E-state index is 2.27. The molecular weight excluding hydrogens is 128 g/mol. The minimum atomic E-state index is 0. The predicted molar refractivity (Wildman–Crippen MR) is 42.4 cm³/mol. The van der Waals surface area contributed by atoms with Crippen molar-refractivity contribution in [3.8, 4) is 0 Å². The summed E-state index contributed by atoms with van der Waals surface area (Å²) >= 11 is 0. The molecule has 0 fully saturated rings. The van der Waals surface area contributed by atoms with Gasteiger partial charge in [-0.05, 0) is 27.7 Å². The van der Waals surface area contributed by atoms with E-state index in [9.17, 15) is 0 Å². The zero-order valence-electron chi connectivity index (χ0n) is 7.65. The first-order valence-corrected chi connectivity index (χ1v) is 4.09. The largest absolute Gasteiger partial charge is 1.00 e. The molecule has 0 aromatic carbocycles. The van der Waals surface area contributed by atoms with E-state index in [-0.39, 0.29) is 4.70 Å². The van der Waals surface area contributed by atoms with Crippen molar-refractivity contribution in [2.24, 2.45) is 0 Å². The highest BCUT2D eigenvalue weighted by molar-refractivity contribution is 4.31. The van der Waals surface area contributed by atoms with Gasteiger partial charge in [-0.1, -0.05) is 0 Å². The molecule has 0 aromatic rings. The molecule has 0 spiro atoms. The van der Waals surface area contributed by atoms with Gasteiger partial charge < -0.3 is 9.19 Å². The van der Waals surface area contributed by atoms with Crippen LogP contribution in [0.25, 0.3) is 0 Å². The fraction of sp³-hybridized carbons (Fsp3) is 1.00. The van der Waals surface area contributed by atoms with Crippen molar-refractivity contribution in [3.05, 3.63) is 0 Å². The monoisotopic (exact) mass is 148 g/mol. The van der Waals surface area contributed by atoms with Crippen molar-refractivity contribution >= 4 is 0 Å². The van der Waals surface area contributed by atoms with Gasteiger partial charge >= 0.3 is 0 Å². The number of rotatable bonds is 4. The van der Waals surface area contributed by atoms with Crippen LogP contribution in [0.1, 0.15) is 27.7 Å². The Kier molecular flexibility index (Phi) is 7.10. The molecule has 0 atom stereocenters. The van der Waals surface area contributed by atoms with Gasteiger partial charge in [-0.3, -0.25) is 0 Å². The van der Waals surface area contributed by atoms with Gasteiger partial charge in [0.1, 0.15) is 0 Å². The third kappa shape index (κ3) is 2.65. The highest BCUT2D eigenvalue weighted by Crippen LogP contribution is 2.03. The summed E-state index contributed by atoms with van der Waals surface area (Å²) in [6.45, 7) is 14.2. The van der Waals surface area contributed by atoms with E-state index in [2.05, 4.69) is 27.7 Å². The number of halogens is 1. The summed E-state index contributed by atoms with van der Waals surface area (Å²) in [5, 5.41) is 0. The van der Waals surface area contributed by atoms with E-state index in [1.807, 2.05) is 0 Å². The molecule has 0 N–H and O–H groups in total. The summed E-state index contributed by atoms with van der Waals surface area (Å²) in [5.74, 6) is 0. The van der Waals surface area contributed by atoms with Gasteiger partial charge in [0.15, 0.2) is 0 Å². The van der Waals surface area contributed by atoms with Crippen LogP contribution in [0, 0.1) is 0 Å². The average Bonchev–Trinajstić information content (AvgIpc) is 1.95. The van der Waals surface area contributed by atoms with E-state index in [0.29, 0.717) is 0 Å². The maximum absolute atomic E-state index is 2.27. The van der Waals surface area contributed by atoms with Crippen LogP contribution in [-0.2, 0) is 0 Å². The lowest BCUT2D eigenvalue weighted by atomic mass is 10.3. The van der Waals surface area contributed by atoms with Crippen LogP contribution in [0.15, 0.2) is 0 Å². The Morgan fingerprint density at radius 2 is 0.900 bits per heavy atom. The Balaban J connectivity index is 0. The maximum Gasteiger partial charge on any atom is 0.0757 e. The van der Waals surface area contributed by atoms with Gasteiger partial charge in [-0.15, -0.1) is 0 Å². The van der Waals surface area contributed by atoms with Gasteiger partial charge in [0.2, 0.25) is 0 Å². The lowest BCUT2D eigenvalue weighted by molar-refractivity contribution is -0.921. The molecular formula is C8H20FN. The highest BCUT2D eigenvalue weighted by atomic mass is 18.0. The van der Waals surface area contributed by atoms with E-state index in [4.69, 9.17) is 0 Å². The molecule has 0 heterocycles. The fourth-order valence-electron chi connectivity index (χ4n) is 1.34.